The normalized spacial score (nSPS) is 12.7. The predicted octanol–water partition coefficient (Wildman–Crippen LogP) is -0.808. The number of sulfonamides is 1. The van der Waals surface area contributed by atoms with Crippen LogP contribution in [0.4, 0.5) is 0 Å². The summed E-state index contributed by atoms with van der Waals surface area (Å²) in [4.78, 5) is 35.2. The van der Waals surface area contributed by atoms with Gasteiger partial charge in [-0.3, -0.25) is 14.4 Å². The van der Waals surface area contributed by atoms with Crippen molar-refractivity contribution in [2.24, 2.45) is 5.73 Å². The number of nitrogens with two attached hydrogens (primary N) is 1. The maximum atomic E-state index is 12.8. The van der Waals surface area contributed by atoms with Crippen LogP contribution < -0.4 is 16.4 Å². The van der Waals surface area contributed by atoms with Gasteiger partial charge < -0.3 is 16.4 Å². The van der Waals surface area contributed by atoms with Crippen LogP contribution in [0, 0.1) is 0 Å². The fraction of sp³-hybridized carbons (Fsp3) is 0.438. The number of rotatable bonds is 9. The second-order valence-corrected chi connectivity index (χ2v) is 7.75. The quantitative estimate of drug-likeness (QED) is 0.511. The molecule has 0 fully saturated rings. The monoisotopic (exact) mass is 384 g/mol. The van der Waals surface area contributed by atoms with E-state index in [0.29, 0.717) is 0 Å². The highest BCUT2D eigenvalue weighted by molar-refractivity contribution is 7.89. The number of carbonyl (C=O) groups is 3. The number of likely N-dealkylation sites (N-methyl/N-ethyl adjacent to an activating group) is 1. The molecule has 10 heteroatoms. The van der Waals surface area contributed by atoms with Gasteiger partial charge in [0.15, 0.2) is 0 Å². The molecule has 1 aromatic carbocycles. The fourth-order valence-corrected chi connectivity index (χ4v) is 3.85. The first kappa shape index (κ1) is 21.6. The largest absolute Gasteiger partial charge is 0.370 e. The molecule has 0 unspecified atom stereocenters. The van der Waals surface area contributed by atoms with Gasteiger partial charge in [0.2, 0.25) is 27.7 Å². The van der Waals surface area contributed by atoms with Crippen molar-refractivity contribution in [3.63, 3.8) is 0 Å². The van der Waals surface area contributed by atoms with E-state index in [0.717, 1.165) is 4.31 Å². The van der Waals surface area contributed by atoms with Gasteiger partial charge in [-0.25, -0.2) is 8.42 Å². The third-order valence-electron chi connectivity index (χ3n) is 3.53. The lowest BCUT2D eigenvalue weighted by Gasteiger charge is -2.26. The summed E-state index contributed by atoms with van der Waals surface area (Å²) in [6, 6.07) is 6.05. The van der Waals surface area contributed by atoms with Crippen molar-refractivity contribution in [2.45, 2.75) is 37.2 Å². The molecule has 1 atom stereocenters. The highest BCUT2D eigenvalue weighted by Gasteiger charge is 2.30. The van der Waals surface area contributed by atoms with Crippen LogP contribution in [0.5, 0.6) is 0 Å². The molecule has 0 aliphatic heterocycles. The van der Waals surface area contributed by atoms with E-state index in [2.05, 4.69) is 10.6 Å². The lowest BCUT2D eigenvalue weighted by atomic mass is 10.2. The molecular formula is C16H24N4O5S. The number of nitrogens with one attached hydrogen (secondary N) is 2. The van der Waals surface area contributed by atoms with Gasteiger partial charge in [-0.05, 0) is 26.0 Å². The molecule has 0 saturated heterocycles. The Morgan fingerprint density at radius 3 is 2.19 bits per heavy atom. The summed E-state index contributed by atoms with van der Waals surface area (Å²) >= 11 is 0. The average Bonchev–Trinajstić information content (AvgIpc) is 2.58. The second kappa shape index (κ2) is 9.30. The molecule has 0 bridgehead atoms. The van der Waals surface area contributed by atoms with Gasteiger partial charge in [-0.15, -0.1) is 0 Å². The third kappa shape index (κ3) is 5.81. The molecule has 1 rings (SSSR count). The lowest BCUT2D eigenvalue weighted by Crippen LogP contribution is -2.51. The van der Waals surface area contributed by atoms with Crippen molar-refractivity contribution < 1.29 is 22.8 Å². The SMILES string of the molecule is CNC(=O)[C@H](CC(N)=O)NC(=O)CN(C(C)C)S(=O)(=O)c1ccccc1. The standard InChI is InChI=1S/C16H24N4O5S/c1-11(2)20(26(24,25)12-7-5-4-6-8-12)10-15(22)19-13(9-14(17)21)16(23)18-3/h4-8,11,13H,9-10H2,1-3H3,(H2,17,21)(H,18,23)(H,19,22)/t13-/m0/s1. The molecule has 0 radical (unpaired) electrons. The number of primary amides is 1. The minimum atomic E-state index is -3.90. The lowest BCUT2D eigenvalue weighted by molar-refractivity contribution is -0.131. The van der Waals surface area contributed by atoms with Crippen molar-refractivity contribution in [3.8, 4) is 0 Å². The first-order chi connectivity index (χ1) is 12.1. The maximum Gasteiger partial charge on any atom is 0.243 e. The van der Waals surface area contributed by atoms with Gasteiger partial charge in [-0.1, -0.05) is 18.2 Å². The van der Waals surface area contributed by atoms with Crippen molar-refractivity contribution in [2.75, 3.05) is 13.6 Å². The molecule has 3 amide bonds. The Balaban J connectivity index is 2.98. The summed E-state index contributed by atoms with van der Waals surface area (Å²) in [5.74, 6) is -2.08. The first-order valence-corrected chi connectivity index (χ1v) is 9.39. The summed E-state index contributed by atoms with van der Waals surface area (Å²) < 4.78 is 26.5. The Bertz CT molecular complexity index is 749. The molecule has 0 spiro atoms. The van der Waals surface area contributed by atoms with Crippen molar-refractivity contribution in [1.29, 1.82) is 0 Å². The van der Waals surface area contributed by atoms with Crippen LogP contribution in [0.3, 0.4) is 0 Å². The smallest absolute Gasteiger partial charge is 0.243 e. The van der Waals surface area contributed by atoms with E-state index in [1.54, 1.807) is 32.0 Å². The van der Waals surface area contributed by atoms with Crippen molar-refractivity contribution in [1.82, 2.24) is 14.9 Å². The highest BCUT2D eigenvalue weighted by atomic mass is 32.2. The zero-order valence-electron chi connectivity index (χ0n) is 14.9. The highest BCUT2D eigenvalue weighted by Crippen LogP contribution is 2.17. The molecule has 4 N–H and O–H groups in total. The zero-order valence-corrected chi connectivity index (χ0v) is 15.7. The number of hydrogen-bond acceptors (Lipinski definition) is 5. The van der Waals surface area contributed by atoms with Gasteiger partial charge in [0.05, 0.1) is 17.9 Å². The number of nitrogens with zero attached hydrogens (tertiary/aromatic N) is 1. The molecular weight excluding hydrogens is 360 g/mol. The van der Waals surface area contributed by atoms with Gasteiger partial charge in [0.1, 0.15) is 6.04 Å². The van der Waals surface area contributed by atoms with E-state index >= 15 is 0 Å². The van der Waals surface area contributed by atoms with Gasteiger partial charge in [0.25, 0.3) is 0 Å². The molecule has 0 saturated carbocycles. The Morgan fingerprint density at radius 1 is 1.15 bits per heavy atom. The van der Waals surface area contributed by atoms with Crippen molar-refractivity contribution >= 4 is 27.7 Å². The van der Waals surface area contributed by atoms with Crippen molar-refractivity contribution in [3.05, 3.63) is 30.3 Å². The molecule has 0 aliphatic carbocycles. The number of hydrogen-bond donors (Lipinski definition) is 3. The van der Waals surface area contributed by atoms with E-state index in [1.807, 2.05) is 0 Å². The van der Waals surface area contributed by atoms with Crippen LogP contribution in [-0.2, 0) is 24.4 Å². The summed E-state index contributed by atoms with van der Waals surface area (Å²) in [5.41, 5.74) is 5.08. The van der Waals surface area contributed by atoms with Crippen LogP contribution in [0.25, 0.3) is 0 Å². The molecule has 0 aliphatic rings. The van der Waals surface area contributed by atoms with Crippen LogP contribution in [0.1, 0.15) is 20.3 Å². The fourth-order valence-electron chi connectivity index (χ4n) is 2.24. The van der Waals surface area contributed by atoms with Crippen LogP contribution in [0.2, 0.25) is 0 Å². The summed E-state index contributed by atoms with van der Waals surface area (Å²) in [5, 5.41) is 4.66. The van der Waals surface area contributed by atoms with Gasteiger partial charge >= 0.3 is 0 Å². The predicted molar refractivity (Wildman–Crippen MR) is 95.3 cm³/mol. The van der Waals surface area contributed by atoms with E-state index in [-0.39, 0.29) is 4.90 Å². The van der Waals surface area contributed by atoms with Crippen LogP contribution in [-0.4, -0.2) is 56.1 Å². The second-order valence-electron chi connectivity index (χ2n) is 5.86. The molecule has 26 heavy (non-hydrogen) atoms. The summed E-state index contributed by atoms with van der Waals surface area (Å²) in [6.45, 7) is 2.77. The molecule has 0 heterocycles. The van der Waals surface area contributed by atoms with Crippen LogP contribution in [0.15, 0.2) is 35.2 Å². The van der Waals surface area contributed by atoms with E-state index in [9.17, 15) is 22.8 Å². The van der Waals surface area contributed by atoms with E-state index in [1.165, 1.54) is 19.2 Å². The van der Waals surface area contributed by atoms with E-state index in [4.69, 9.17) is 5.73 Å². The summed E-state index contributed by atoms with van der Waals surface area (Å²) in [6.07, 6.45) is -0.390. The number of carbonyl (C=O) groups excluding carboxylic acids is 3. The topological polar surface area (TPSA) is 139 Å². The van der Waals surface area contributed by atoms with E-state index < -0.39 is 52.8 Å². The van der Waals surface area contributed by atoms with Gasteiger partial charge in [0, 0.05) is 13.1 Å². The number of benzene rings is 1. The Labute approximate surface area is 153 Å². The molecule has 1 aromatic rings. The molecule has 0 aromatic heterocycles. The summed E-state index contributed by atoms with van der Waals surface area (Å²) in [7, 11) is -2.55. The first-order valence-electron chi connectivity index (χ1n) is 7.95. The minimum absolute atomic E-state index is 0.0569. The van der Waals surface area contributed by atoms with Crippen LogP contribution >= 0.6 is 0 Å². The Morgan fingerprint density at radius 2 is 1.73 bits per heavy atom. The Kier molecular flexibility index (Phi) is 7.72. The zero-order chi connectivity index (χ0) is 19.9. The van der Waals surface area contributed by atoms with Gasteiger partial charge in [-0.2, -0.15) is 4.31 Å². The number of amides is 3. The third-order valence-corrected chi connectivity index (χ3v) is 5.56. The Hall–Kier alpha value is -2.46. The molecule has 9 nitrogen and oxygen atoms in total. The molecule has 144 valence electrons. The minimum Gasteiger partial charge on any atom is -0.370 e. The average molecular weight is 384 g/mol. The maximum absolute atomic E-state index is 12.8.